The van der Waals surface area contributed by atoms with Crippen molar-refractivity contribution >= 4 is 17.8 Å². The molecule has 174 valence electrons. The molecule has 1 saturated heterocycles. The van der Waals surface area contributed by atoms with Gasteiger partial charge >= 0.3 is 6.09 Å². The van der Waals surface area contributed by atoms with Gasteiger partial charge in [0.1, 0.15) is 17.1 Å². The molecule has 0 spiro atoms. The first-order chi connectivity index (χ1) is 15.8. The maximum absolute atomic E-state index is 12.8. The molecule has 10 heteroatoms. The van der Waals surface area contributed by atoms with Gasteiger partial charge in [-0.25, -0.2) is 4.79 Å². The topological polar surface area (TPSA) is 105 Å². The van der Waals surface area contributed by atoms with Crippen LogP contribution in [0.2, 0.25) is 0 Å². The third-order valence-corrected chi connectivity index (χ3v) is 6.66. The van der Waals surface area contributed by atoms with Crippen molar-refractivity contribution in [1.29, 1.82) is 0 Å². The first kappa shape index (κ1) is 21.4. The summed E-state index contributed by atoms with van der Waals surface area (Å²) in [7, 11) is 0. The highest BCUT2D eigenvalue weighted by Crippen LogP contribution is 2.52. The molecule has 3 atom stereocenters. The van der Waals surface area contributed by atoms with E-state index >= 15 is 0 Å². The highest BCUT2D eigenvalue weighted by atomic mass is 16.6. The fraction of sp³-hybridized carbons (Fsp3) is 0.478. The lowest BCUT2D eigenvalue weighted by atomic mass is 9.90. The largest absolute Gasteiger partial charge is 0.448 e. The number of rotatable bonds is 4. The van der Waals surface area contributed by atoms with E-state index in [0.29, 0.717) is 24.4 Å². The standard InChI is InChI=1S/C23H29N7O3/c1-5-33-22(32)30-19-16(20(27-30)26-21(31)17-8-6-7-9-24-17)13-29-18(10-23(19,29)4)28-12-14(2)25-11-15(28)3/h6-10,14-15,25H,5,11-13H2,1-4H3,(H,26,27,31)/t14-,15+,23?/m1/s1. The van der Waals surface area contributed by atoms with Crippen molar-refractivity contribution in [2.75, 3.05) is 25.0 Å². The fourth-order valence-corrected chi connectivity index (χ4v) is 4.96. The summed E-state index contributed by atoms with van der Waals surface area (Å²) < 4.78 is 6.56. The second-order valence-corrected chi connectivity index (χ2v) is 9.00. The minimum absolute atomic E-state index is 0.237. The number of ether oxygens (including phenoxy) is 1. The molecule has 10 nitrogen and oxygen atoms in total. The number of amides is 1. The summed E-state index contributed by atoms with van der Waals surface area (Å²) in [5, 5.41) is 10.8. The lowest BCUT2D eigenvalue weighted by molar-refractivity contribution is 0.0484. The summed E-state index contributed by atoms with van der Waals surface area (Å²) in [6.07, 6.45) is 3.20. The number of nitrogens with zero attached hydrogens (tertiary/aromatic N) is 5. The van der Waals surface area contributed by atoms with Gasteiger partial charge in [-0.05, 0) is 45.9 Å². The number of piperazine rings is 1. The van der Waals surface area contributed by atoms with Crippen molar-refractivity contribution in [3.8, 4) is 0 Å². The Morgan fingerprint density at radius 3 is 2.88 bits per heavy atom. The average Bonchev–Trinajstić information content (AvgIpc) is 3.26. The number of carbonyl (C=O) groups excluding carboxylic acids is 2. The monoisotopic (exact) mass is 451 g/mol. The summed E-state index contributed by atoms with van der Waals surface area (Å²) in [5.74, 6) is 1.13. The minimum atomic E-state index is -0.554. The van der Waals surface area contributed by atoms with Gasteiger partial charge in [-0.3, -0.25) is 9.78 Å². The van der Waals surface area contributed by atoms with E-state index in [0.717, 1.165) is 30.2 Å². The fourth-order valence-electron chi connectivity index (χ4n) is 4.96. The summed E-state index contributed by atoms with van der Waals surface area (Å²) >= 11 is 0. The molecule has 0 aliphatic carbocycles. The third-order valence-electron chi connectivity index (χ3n) is 6.66. The van der Waals surface area contributed by atoms with E-state index in [4.69, 9.17) is 4.74 Å². The number of anilines is 1. The van der Waals surface area contributed by atoms with Crippen LogP contribution in [-0.2, 0) is 16.8 Å². The second kappa shape index (κ2) is 7.87. The SMILES string of the molecule is CCOC(=O)n1nc(NC(=O)c2ccccn2)c2c1C1(C)C=C(N3C[C@@H](C)NC[C@@H]3C)N1C2. The van der Waals surface area contributed by atoms with E-state index in [2.05, 4.69) is 57.4 Å². The van der Waals surface area contributed by atoms with Crippen molar-refractivity contribution in [2.24, 2.45) is 0 Å². The van der Waals surface area contributed by atoms with Crippen LogP contribution in [0.1, 0.15) is 49.4 Å². The van der Waals surface area contributed by atoms with Crippen LogP contribution in [0.5, 0.6) is 0 Å². The van der Waals surface area contributed by atoms with Gasteiger partial charge in [-0.2, -0.15) is 4.68 Å². The van der Waals surface area contributed by atoms with E-state index in [1.165, 1.54) is 4.68 Å². The number of fused-ring (bicyclic) bond motifs is 3. The molecule has 3 aliphatic rings. The Hall–Kier alpha value is -3.40. The van der Waals surface area contributed by atoms with E-state index in [1.54, 1.807) is 31.3 Å². The van der Waals surface area contributed by atoms with Gasteiger partial charge in [-0.15, -0.1) is 5.10 Å². The highest BCUT2D eigenvalue weighted by molar-refractivity contribution is 6.03. The quantitative estimate of drug-likeness (QED) is 0.728. The van der Waals surface area contributed by atoms with Crippen LogP contribution in [0.4, 0.5) is 10.6 Å². The lowest BCUT2D eigenvalue weighted by Gasteiger charge is -2.53. The van der Waals surface area contributed by atoms with Gasteiger partial charge in [0.25, 0.3) is 5.91 Å². The Balaban J connectivity index is 1.50. The molecule has 2 N–H and O–H groups in total. The van der Waals surface area contributed by atoms with E-state index in [-0.39, 0.29) is 18.2 Å². The lowest BCUT2D eigenvalue weighted by Crippen LogP contribution is -2.60. The summed E-state index contributed by atoms with van der Waals surface area (Å²) in [6.45, 7) is 10.8. The van der Waals surface area contributed by atoms with Crippen molar-refractivity contribution < 1.29 is 14.3 Å². The Labute approximate surface area is 192 Å². The van der Waals surface area contributed by atoms with Crippen molar-refractivity contribution in [2.45, 2.75) is 51.9 Å². The average molecular weight is 452 g/mol. The minimum Gasteiger partial charge on any atom is -0.448 e. The Morgan fingerprint density at radius 2 is 2.15 bits per heavy atom. The molecule has 5 heterocycles. The number of aromatic nitrogens is 3. The predicted octanol–water partition coefficient (Wildman–Crippen LogP) is 2.10. The van der Waals surface area contributed by atoms with Crippen molar-refractivity contribution in [1.82, 2.24) is 29.9 Å². The molecule has 5 rings (SSSR count). The van der Waals surface area contributed by atoms with Gasteiger partial charge < -0.3 is 25.2 Å². The third kappa shape index (κ3) is 3.36. The van der Waals surface area contributed by atoms with Gasteiger partial charge in [0.15, 0.2) is 5.82 Å². The number of carbonyl (C=O) groups is 2. The van der Waals surface area contributed by atoms with Crippen LogP contribution in [0.15, 0.2) is 36.3 Å². The Kier molecular flexibility index (Phi) is 5.12. The van der Waals surface area contributed by atoms with Crippen LogP contribution >= 0.6 is 0 Å². The Bertz CT molecular complexity index is 1130. The molecule has 1 fully saturated rings. The molecule has 2 aromatic rings. The maximum atomic E-state index is 12.8. The van der Waals surface area contributed by atoms with E-state index in [9.17, 15) is 9.59 Å². The molecular formula is C23H29N7O3. The van der Waals surface area contributed by atoms with Crippen LogP contribution in [0.25, 0.3) is 0 Å². The molecule has 0 bridgehead atoms. The number of hydrogen-bond acceptors (Lipinski definition) is 8. The highest BCUT2D eigenvalue weighted by Gasteiger charge is 2.54. The van der Waals surface area contributed by atoms with E-state index in [1.807, 2.05) is 0 Å². The van der Waals surface area contributed by atoms with Crippen LogP contribution in [0, 0.1) is 0 Å². The second-order valence-electron chi connectivity index (χ2n) is 9.00. The molecular weight excluding hydrogens is 422 g/mol. The summed E-state index contributed by atoms with van der Waals surface area (Å²) in [4.78, 5) is 34.3. The molecule has 33 heavy (non-hydrogen) atoms. The van der Waals surface area contributed by atoms with Crippen LogP contribution in [0.3, 0.4) is 0 Å². The molecule has 0 aromatic carbocycles. The number of pyridine rings is 1. The van der Waals surface area contributed by atoms with Crippen LogP contribution in [-0.4, -0.2) is 68.3 Å². The molecule has 1 amide bonds. The normalized spacial score (nSPS) is 25.6. The zero-order chi connectivity index (χ0) is 23.3. The zero-order valence-corrected chi connectivity index (χ0v) is 19.3. The number of nitrogens with one attached hydrogen (secondary N) is 2. The van der Waals surface area contributed by atoms with Crippen molar-refractivity contribution in [3.05, 3.63) is 53.2 Å². The van der Waals surface area contributed by atoms with Gasteiger partial charge in [0, 0.05) is 36.9 Å². The molecule has 0 radical (unpaired) electrons. The smallest absolute Gasteiger partial charge is 0.435 e. The number of hydrogen-bond donors (Lipinski definition) is 2. The molecule has 2 aromatic heterocycles. The van der Waals surface area contributed by atoms with Crippen molar-refractivity contribution in [3.63, 3.8) is 0 Å². The van der Waals surface area contributed by atoms with Gasteiger partial charge in [0.05, 0.1) is 18.8 Å². The summed E-state index contributed by atoms with van der Waals surface area (Å²) in [5.41, 5.74) is 1.33. The predicted molar refractivity (Wildman–Crippen MR) is 121 cm³/mol. The first-order valence-corrected chi connectivity index (χ1v) is 11.4. The zero-order valence-electron chi connectivity index (χ0n) is 19.3. The first-order valence-electron chi connectivity index (χ1n) is 11.4. The molecule has 0 saturated carbocycles. The van der Waals surface area contributed by atoms with Gasteiger partial charge in [-0.1, -0.05) is 6.07 Å². The van der Waals surface area contributed by atoms with Gasteiger partial charge in [0.2, 0.25) is 0 Å². The molecule has 3 aliphatic heterocycles. The molecule has 1 unspecified atom stereocenters. The summed E-state index contributed by atoms with van der Waals surface area (Å²) in [6, 6.07) is 5.88. The Morgan fingerprint density at radius 1 is 1.33 bits per heavy atom. The van der Waals surface area contributed by atoms with E-state index < -0.39 is 11.6 Å². The van der Waals surface area contributed by atoms with Crippen LogP contribution < -0.4 is 10.6 Å². The maximum Gasteiger partial charge on any atom is 0.435 e.